The number of hydrogen-bond acceptors (Lipinski definition) is 4. The molecule has 0 radical (unpaired) electrons. The van der Waals surface area contributed by atoms with Gasteiger partial charge in [0.05, 0.1) is 17.1 Å². The second kappa shape index (κ2) is 5.18. The Labute approximate surface area is 133 Å². The molecule has 1 aromatic heterocycles. The molecular weight excluding hydrogens is 296 g/mol. The van der Waals surface area contributed by atoms with E-state index in [9.17, 15) is 0 Å². The molecule has 0 saturated carbocycles. The topological polar surface area (TPSA) is 15.6 Å². The lowest BCUT2D eigenvalue weighted by atomic mass is 10.1. The molecule has 108 valence electrons. The minimum atomic E-state index is 0.940. The molecule has 1 aromatic carbocycles. The average molecular weight is 314 g/mol. The third-order valence-corrected chi connectivity index (χ3v) is 6.23. The Balaban J connectivity index is 1.84. The predicted octanol–water partition coefficient (Wildman–Crippen LogP) is 5.10. The van der Waals surface area contributed by atoms with Crippen molar-refractivity contribution < 1.29 is 0 Å². The Morgan fingerprint density at radius 3 is 3.05 bits per heavy atom. The Kier molecular flexibility index (Phi) is 3.31. The first-order chi connectivity index (χ1) is 10.3. The van der Waals surface area contributed by atoms with Crippen LogP contribution in [0.4, 0.5) is 0 Å². The Morgan fingerprint density at radius 2 is 2.19 bits per heavy atom. The van der Waals surface area contributed by atoms with Crippen LogP contribution in [-0.4, -0.2) is 23.2 Å². The van der Waals surface area contributed by atoms with Gasteiger partial charge in [0.1, 0.15) is 0 Å². The van der Waals surface area contributed by atoms with Gasteiger partial charge in [-0.25, -0.2) is 0 Å². The normalized spacial score (nSPS) is 17.8. The van der Waals surface area contributed by atoms with Crippen LogP contribution in [0.5, 0.6) is 0 Å². The number of benzene rings is 1. The maximum Gasteiger partial charge on any atom is 0.168 e. The number of hydrogen-bond donors (Lipinski definition) is 0. The van der Waals surface area contributed by atoms with E-state index in [4.69, 9.17) is 0 Å². The van der Waals surface area contributed by atoms with Gasteiger partial charge in [-0.1, -0.05) is 42.8 Å². The third-order valence-electron chi connectivity index (χ3n) is 3.93. The molecule has 0 aliphatic carbocycles. The fourth-order valence-corrected chi connectivity index (χ4v) is 5.46. The fourth-order valence-electron chi connectivity index (χ4n) is 2.98. The van der Waals surface area contributed by atoms with E-state index in [2.05, 4.69) is 48.0 Å². The van der Waals surface area contributed by atoms with Gasteiger partial charge in [-0.15, -0.1) is 11.3 Å². The van der Waals surface area contributed by atoms with Gasteiger partial charge in [-0.3, -0.25) is 4.99 Å². The van der Waals surface area contributed by atoms with Crippen LogP contribution in [0.2, 0.25) is 0 Å². The number of aliphatic imine (C=N–C) groups is 1. The summed E-state index contributed by atoms with van der Waals surface area (Å²) in [4.78, 5) is 9.97. The van der Waals surface area contributed by atoms with Crippen molar-refractivity contribution in [2.24, 2.45) is 4.99 Å². The molecule has 4 rings (SSSR count). The molecule has 2 aliphatic heterocycles. The van der Waals surface area contributed by atoms with Crippen molar-refractivity contribution >= 4 is 44.0 Å². The lowest BCUT2D eigenvalue weighted by Crippen LogP contribution is -2.19. The minimum absolute atomic E-state index is 0.940. The standard InChI is InChI=1S/C17H18N2S2/c1-3-4-14-16(19-8-7-18-17(19)21-14)15-10-12-9-11(2)5-6-13(12)20-15/h5-6,9-10H,3-4,7-8H2,1-2H3. The molecule has 4 heteroatoms. The van der Waals surface area contributed by atoms with E-state index < -0.39 is 0 Å². The average Bonchev–Trinajstić information content (AvgIpc) is 3.11. The van der Waals surface area contributed by atoms with E-state index in [-0.39, 0.29) is 0 Å². The number of fused-ring (bicyclic) bond motifs is 2. The van der Waals surface area contributed by atoms with Gasteiger partial charge < -0.3 is 4.90 Å². The van der Waals surface area contributed by atoms with Gasteiger partial charge >= 0.3 is 0 Å². The summed E-state index contributed by atoms with van der Waals surface area (Å²) in [6.45, 7) is 6.40. The van der Waals surface area contributed by atoms with Crippen molar-refractivity contribution in [2.75, 3.05) is 13.1 Å². The van der Waals surface area contributed by atoms with Gasteiger partial charge in [-0.05, 0) is 30.9 Å². The highest BCUT2D eigenvalue weighted by Gasteiger charge is 2.33. The van der Waals surface area contributed by atoms with E-state index in [1.165, 1.54) is 42.7 Å². The van der Waals surface area contributed by atoms with Gasteiger partial charge in [0.2, 0.25) is 0 Å². The molecule has 0 fully saturated rings. The Morgan fingerprint density at radius 1 is 1.29 bits per heavy atom. The molecule has 0 N–H and O–H groups in total. The lowest BCUT2D eigenvalue weighted by Gasteiger charge is -2.15. The zero-order chi connectivity index (χ0) is 14.4. The minimum Gasteiger partial charge on any atom is -0.317 e. The second-order valence-electron chi connectivity index (χ2n) is 5.59. The van der Waals surface area contributed by atoms with Crippen LogP contribution in [0.15, 0.2) is 34.2 Å². The number of allylic oxidation sites excluding steroid dienone is 1. The van der Waals surface area contributed by atoms with Crippen LogP contribution < -0.4 is 0 Å². The quantitative estimate of drug-likeness (QED) is 0.783. The maximum atomic E-state index is 4.64. The highest BCUT2D eigenvalue weighted by Crippen LogP contribution is 2.46. The molecule has 0 saturated heterocycles. The van der Waals surface area contributed by atoms with Crippen LogP contribution in [0, 0.1) is 6.92 Å². The summed E-state index contributed by atoms with van der Waals surface area (Å²) in [7, 11) is 0. The van der Waals surface area contributed by atoms with Crippen molar-refractivity contribution in [3.05, 3.63) is 39.6 Å². The SMILES string of the molecule is CCCC1=C(c2cc3cc(C)ccc3s2)N2CCN=C2S1. The highest BCUT2D eigenvalue weighted by molar-refractivity contribution is 8.17. The first kappa shape index (κ1) is 13.4. The second-order valence-corrected chi connectivity index (χ2v) is 7.74. The summed E-state index contributed by atoms with van der Waals surface area (Å²) in [6.07, 6.45) is 2.35. The van der Waals surface area contributed by atoms with Gasteiger partial charge in [-0.2, -0.15) is 0 Å². The summed E-state index contributed by atoms with van der Waals surface area (Å²) in [5, 5.41) is 2.58. The van der Waals surface area contributed by atoms with Gasteiger partial charge in [0.15, 0.2) is 5.17 Å². The first-order valence-electron chi connectivity index (χ1n) is 7.50. The predicted molar refractivity (Wildman–Crippen MR) is 95.0 cm³/mol. The van der Waals surface area contributed by atoms with Crippen molar-refractivity contribution in [1.29, 1.82) is 0 Å². The monoisotopic (exact) mass is 314 g/mol. The Bertz CT molecular complexity index is 770. The van der Waals surface area contributed by atoms with Crippen LogP contribution in [0.25, 0.3) is 15.8 Å². The number of nitrogens with zero attached hydrogens (tertiary/aromatic N) is 2. The highest BCUT2D eigenvalue weighted by atomic mass is 32.2. The van der Waals surface area contributed by atoms with Crippen molar-refractivity contribution in [3.8, 4) is 0 Å². The van der Waals surface area contributed by atoms with Crippen molar-refractivity contribution in [2.45, 2.75) is 26.7 Å². The van der Waals surface area contributed by atoms with Crippen LogP contribution in [0.1, 0.15) is 30.2 Å². The number of amidine groups is 1. The smallest absolute Gasteiger partial charge is 0.168 e. The molecule has 0 amide bonds. The third kappa shape index (κ3) is 2.21. The molecule has 3 heterocycles. The van der Waals surface area contributed by atoms with Gasteiger partial charge in [0, 0.05) is 16.1 Å². The van der Waals surface area contributed by atoms with E-state index in [0.717, 1.165) is 19.5 Å². The molecule has 2 aromatic rings. The van der Waals surface area contributed by atoms with E-state index in [0.29, 0.717) is 0 Å². The molecule has 0 spiro atoms. The van der Waals surface area contributed by atoms with Crippen molar-refractivity contribution in [3.63, 3.8) is 0 Å². The summed E-state index contributed by atoms with van der Waals surface area (Å²) >= 11 is 3.80. The first-order valence-corrected chi connectivity index (χ1v) is 9.13. The van der Waals surface area contributed by atoms with E-state index >= 15 is 0 Å². The van der Waals surface area contributed by atoms with E-state index in [1.54, 1.807) is 0 Å². The van der Waals surface area contributed by atoms with Gasteiger partial charge in [0.25, 0.3) is 0 Å². The van der Waals surface area contributed by atoms with Crippen LogP contribution >= 0.6 is 23.1 Å². The molecule has 2 aliphatic rings. The summed E-state index contributed by atoms with van der Waals surface area (Å²) in [5.74, 6) is 0. The summed E-state index contributed by atoms with van der Waals surface area (Å²) < 4.78 is 1.38. The Hall–Kier alpha value is -1.26. The maximum absolute atomic E-state index is 4.64. The molecule has 21 heavy (non-hydrogen) atoms. The number of aryl methyl sites for hydroxylation is 1. The number of rotatable bonds is 3. The number of thioether (sulfide) groups is 1. The summed E-state index contributed by atoms with van der Waals surface area (Å²) in [5.41, 5.74) is 2.76. The zero-order valence-electron chi connectivity index (χ0n) is 12.3. The summed E-state index contributed by atoms with van der Waals surface area (Å²) in [6, 6.07) is 9.10. The molecule has 0 unspecified atom stereocenters. The molecule has 0 bridgehead atoms. The zero-order valence-corrected chi connectivity index (χ0v) is 14.0. The fraction of sp³-hybridized carbons (Fsp3) is 0.353. The largest absolute Gasteiger partial charge is 0.317 e. The molecule has 2 nitrogen and oxygen atoms in total. The molecular formula is C17H18N2S2. The molecule has 0 atom stereocenters. The van der Waals surface area contributed by atoms with E-state index in [1.807, 2.05) is 23.1 Å². The number of thiophene rings is 1. The van der Waals surface area contributed by atoms with Crippen LogP contribution in [-0.2, 0) is 0 Å². The lowest BCUT2D eigenvalue weighted by molar-refractivity contribution is 0.647. The van der Waals surface area contributed by atoms with Crippen molar-refractivity contribution in [1.82, 2.24) is 4.90 Å². The van der Waals surface area contributed by atoms with Crippen LogP contribution in [0.3, 0.4) is 0 Å².